The van der Waals surface area contributed by atoms with E-state index in [4.69, 9.17) is 9.47 Å². The Hall–Kier alpha value is -2.42. The van der Waals surface area contributed by atoms with Crippen LogP contribution in [-0.4, -0.2) is 49.4 Å². The first-order chi connectivity index (χ1) is 12.3. The van der Waals surface area contributed by atoms with Gasteiger partial charge in [0.2, 0.25) is 5.88 Å². The molecule has 3 rings (SSSR count). The highest BCUT2D eigenvalue weighted by Gasteiger charge is 2.33. The molecule has 1 unspecified atom stereocenters. The Balaban J connectivity index is 2.06. The first kappa shape index (κ1) is 18.4. The van der Waals surface area contributed by atoms with E-state index in [0.717, 1.165) is 6.26 Å². The lowest BCUT2D eigenvalue weighted by atomic mass is 10.1. The molecule has 0 fully saturated rings. The number of halogens is 1. The molecule has 9 heteroatoms. The van der Waals surface area contributed by atoms with Gasteiger partial charge >= 0.3 is 5.97 Å². The minimum atomic E-state index is -3.19. The SMILES string of the molecule is CCOC(=O)c1c(-c2ccccc2F)nn2c1OCC(CS(C)(=O)=O)C2. The molecule has 0 amide bonds. The number of hydrogen-bond donors (Lipinski definition) is 0. The molecule has 1 aliphatic rings. The molecule has 1 aromatic carbocycles. The van der Waals surface area contributed by atoms with E-state index in [1.807, 2.05) is 0 Å². The van der Waals surface area contributed by atoms with Crippen LogP contribution in [0.4, 0.5) is 4.39 Å². The first-order valence-corrected chi connectivity index (χ1v) is 10.2. The third kappa shape index (κ3) is 3.72. The number of rotatable bonds is 5. The van der Waals surface area contributed by atoms with Crippen molar-refractivity contribution in [2.45, 2.75) is 13.5 Å². The highest BCUT2D eigenvalue weighted by Crippen LogP contribution is 2.35. The molecule has 0 saturated heterocycles. The number of benzene rings is 1. The fourth-order valence-corrected chi connectivity index (χ4v) is 4.03. The lowest BCUT2D eigenvalue weighted by Gasteiger charge is -2.23. The summed E-state index contributed by atoms with van der Waals surface area (Å²) in [6.45, 7) is 2.20. The zero-order chi connectivity index (χ0) is 18.9. The second-order valence-electron chi connectivity index (χ2n) is 6.18. The molecule has 0 bridgehead atoms. The Morgan fingerprint density at radius 2 is 2.15 bits per heavy atom. The summed E-state index contributed by atoms with van der Waals surface area (Å²) in [5.74, 6) is -1.38. The lowest BCUT2D eigenvalue weighted by Crippen LogP contribution is -2.31. The molecule has 1 aromatic heterocycles. The second-order valence-corrected chi connectivity index (χ2v) is 8.37. The minimum Gasteiger partial charge on any atom is -0.477 e. The van der Waals surface area contributed by atoms with Crippen molar-refractivity contribution in [2.24, 2.45) is 5.92 Å². The minimum absolute atomic E-state index is 0.0507. The summed E-state index contributed by atoms with van der Waals surface area (Å²) in [4.78, 5) is 12.4. The van der Waals surface area contributed by atoms with Crippen LogP contribution < -0.4 is 4.74 Å². The highest BCUT2D eigenvalue weighted by atomic mass is 32.2. The molecule has 2 heterocycles. The van der Waals surface area contributed by atoms with Crippen LogP contribution in [-0.2, 0) is 21.1 Å². The summed E-state index contributed by atoms with van der Waals surface area (Å²) >= 11 is 0. The fraction of sp³-hybridized carbons (Fsp3) is 0.412. The molecule has 1 aliphatic heterocycles. The summed E-state index contributed by atoms with van der Waals surface area (Å²) in [5, 5.41) is 4.32. The molecule has 2 aromatic rings. The zero-order valence-corrected chi connectivity index (χ0v) is 15.3. The number of esters is 1. The van der Waals surface area contributed by atoms with Gasteiger partial charge in [0.1, 0.15) is 26.9 Å². The maximum absolute atomic E-state index is 14.2. The molecule has 0 radical (unpaired) electrons. The highest BCUT2D eigenvalue weighted by molar-refractivity contribution is 7.90. The number of carbonyl (C=O) groups excluding carboxylic acids is 1. The van der Waals surface area contributed by atoms with Crippen molar-refractivity contribution in [1.82, 2.24) is 9.78 Å². The first-order valence-electron chi connectivity index (χ1n) is 8.13. The van der Waals surface area contributed by atoms with Crippen molar-refractivity contribution >= 4 is 15.8 Å². The van der Waals surface area contributed by atoms with Crippen LogP contribution in [0.5, 0.6) is 5.88 Å². The predicted molar refractivity (Wildman–Crippen MR) is 92.3 cm³/mol. The third-order valence-corrected chi connectivity index (χ3v) is 5.02. The molecule has 1 atom stereocenters. The Labute approximate surface area is 150 Å². The van der Waals surface area contributed by atoms with Gasteiger partial charge in [0, 0.05) is 17.7 Å². The summed E-state index contributed by atoms with van der Waals surface area (Å²) in [5.41, 5.74) is 0.326. The van der Waals surface area contributed by atoms with Gasteiger partial charge < -0.3 is 9.47 Å². The maximum atomic E-state index is 14.2. The van der Waals surface area contributed by atoms with Crippen LogP contribution >= 0.6 is 0 Å². The van der Waals surface area contributed by atoms with Gasteiger partial charge in [-0.3, -0.25) is 0 Å². The number of ether oxygens (including phenoxy) is 2. The maximum Gasteiger partial charge on any atom is 0.345 e. The van der Waals surface area contributed by atoms with Crippen LogP contribution in [0.15, 0.2) is 24.3 Å². The van der Waals surface area contributed by atoms with Gasteiger partial charge in [0.25, 0.3) is 0 Å². The summed E-state index contributed by atoms with van der Waals surface area (Å²) in [7, 11) is -3.19. The van der Waals surface area contributed by atoms with E-state index in [1.165, 1.54) is 22.9 Å². The summed E-state index contributed by atoms with van der Waals surface area (Å²) in [6.07, 6.45) is 1.15. The van der Waals surface area contributed by atoms with E-state index < -0.39 is 21.6 Å². The van der Waals surface area contributed by atoms with Crippen molar-refractivity contribution < 1.29 is 27.1 Å². The van der Waals surface area contributed by atoms with Crippen LogP contribution in [0.2, 0.25) is 0 Å². The van der Waals surface area contributed by atoms with Gasteiger partial charge in [-0.25, -0.2) is 22.3 Å². The van der Waals surface area contributed by atoms with Crippen molar-refractivity contribution in [3.05, 3.63) is 35.6 Å². The number of fused-ring (bicyclic) bond motifs is 1. The van der Waals surface area contributed by atoms with Crippen molar-refractivity contribution in [1.29, 1.82) is 0 Å². The number of hydrogen-bond acceptors (Lipinski definition) is 6. The van der Waals surface area contributed by atoms with Gasteiger partial charge in [0.05, 0.1) is 25.5 Å². The quantitative estimate of drug-likeness (QED) is 0.734. The van der Waals surface area contributed by atoms with Crippen molar-refractivity contribution in [3.63, 3.8) is 0 Å². The largest absolute Gasteiger partial charge is 0.477 e. The molecule has 140 valence electrons. The van der Waals surface area contributed by atoms with E-state index in [9.17, 15) is 17.6 Å². The van der Waals surface area contributed by atoms with E-state index in [-0.39, 0.29) is 54.1 Å². The van der Waals surface area contributed by atoms with E-state index in [0.29, 0.717) is 0 Å². The topological polar surface area (TPSA) is 87.5 Å². The van der Waals surface area contributed by atoms with Crippen molar-refractivity contribution in [2.75, 3.05) is 25.2 Å². The average Bonchev–Trinajstić information content (AvgIpc) is 2.92. The summed E-state index contributed by atoms with van der Waals surface area (Å²) < 4.78 is 49.4. The third-order valence-electron chi connectivity index (χ3n) is 3.94. The number of nitrogens with zero attached hydrogens (tertiary/aromatic N) is 2. The number of sulfone groups is 1. The van der Waals surface area contributed by atoms with E-state index in [1.54, 1.807) is 13.0 Å². The monoisotopic (exact) mass is 382 g/mol. The van der Waals surface area contributed by atoms with Gasteiger partial charge in [-0.15, -0.1) is 0 Å². The van der Waals surface area contributed by atoms with E-state index in [2.05, 4.69) is 5.10 Å². The Kier molecular flexibility index (Phi) is 4.99. The lowest BCUT2D eigenvalue weighted by molar-refractivity contribution is 0.0518. The second kappa shape index (κ2) is 7.06. The Bertz CT molecular complexity index is 939. The Morgan fingerprint density at radius 3 is 2.81 bits per heavy atom. The molecular weight excluding hydrogens is 363 g/mol. The van der Waals surface area contributed by atoms with Crippen LogP contribution in [0.1, 0.15) is 17.3 Å². The molecule has 0 spiro atoms. The standard InChI is InChI=1S/C17H19FN2O5S/c1-3-24-17(21)14-15(12-6-4-5-7-13(12)18)19-20-8-11(9-25-16(14)20)10-26(2,22)23/h4-7,11H,3,8-10H2,1-2H3. The van der Waals surface area contributed by atoms with Gasteiger partial charge in [0.15, 0.2) is 0 Å². The Morgan fingerprint density at radius 1 is 1.42 bits per heavy atom. The van der Waals surface area contributed by atoms with Crippen LogP contribution in [0, 0.1) is 11.7 Å². The number of carbonyl (C=O) groups is 1. The molecule has 7 nitrogen and oxygen atoms in total. The van der Waals surface area contributed by atoms with Crippen LogP contribution in [0.3, 0.4) is 0 Å². The smallest absolute Gasteiger partial charge is 0.345 e. The zero-order valence-electron chi connectivity index (χ0n) is 14.4. The molecule has 0 saturated carbocycles. The van der Waals surface area contributed by atoms with Gasteiger partial charge in [-0.1, -0.05) is 12.1 Å². The molecular formula is C17H19FN2O5S. The van der Waals surface area contributed by atoms with Gasteiger partial charge in [-0.2, -0.15) is 5.10 Å². The van der Waals surface area contributed by atoms with Gasteiger partial charge in [-0.05, 0) is 19.1 Å². The van der Waals surface area contributed by atoms with Crippen molar-refractivity contribution in [3.8, 4) is 17.1 Å². The summed E-state index contributed by atoms with van der Waals surface area (Å²) in [6, 6.07) is 5.97. The van der Waals surface area contributed by atoms with Crippen LogP contribution in [0.25, 0.3) is 11.3 Å². The molecule has 0 N–H and O–H groups in total. The van der Waals surface area contributed by atoms with E-state index >= 15 is 0 Å². The predicted octanol–water partition coefficient (Wildman–Crippen LogP) is 1.92. The average molecular weight is 382 g/mol. The molecule has 0 aliphatic carbocycles. The fourth-order valence-electron chi connectivity index (χ4n) is 2.97. The normalized spacial score (nSPS) is 16.7. The molecule has 26 heavy (non-hydrogen) atoms. The number of aromatic nitrogens is 2.